The fourth-order valence-electron chi connectivity index (χ4n) is 2.04. The molecule has 2 N–H and O–H groups in total. The summed E-state index contributed by atoms with van der Waals surface area (Å²) >= 11 is 0. The molecule has 2 unspecified atom stereocenters. The van der Waals surface area contributed by atoms with Gasteiger partial charge in [0.15, 0.2) is 0 Å². The summed E-state index contributed by atoms with van der Waals surface area (Å²) in [6, 6.07) is 10.1. The van der Waals surface area contributed by atoms with Crippen LogP contribution >= 0.6 is 0 Å². The quantitative estimate of drug-likeness (QED) is 0.864. The van der Waals surface area contributed by atoms with Gasteiger partial charge in [-0.3, -0.25) is 0 Å². The van der Waals surface area contributed by atoms with Crippen LogP contribution in [0.15, 0.2) is 34.7 Å². The summed E-state index contributed by atoms with van der Waals surface area (Å²) in [6.07, 6.45) is 0.948. The largest absolute Gasteiger partial charge is 0.459 e. The summed E-state index contributed by atoms with van der Waals surface area (Å²) in [7, 11) is 0. The molecule has 0 spiro atoms. The van der Waals surface area contributed by atoms with Crippen LogP contribution in [0.1, 0.15) is 45.9 Å². The number of rotatable bonds is 3. The molecule has 2 rings (SSSR count). The molecule has 0 saturated heterocycles. The van der Waals surface area contributed by atoms with Crippen LogP contribution in [0.4, 0.5) is 0 Å². The third-order valence-electron chi connectivity index (χ3n) is 3.90. The summed E-state index contributed by atoms with van der Waals surface area (Å²) in [6.45, 7) is 9.01. The Labute approximate surface area is 109 Å². The minimum Gasteiger partial charge on any atom is -0.459 e. The number of hydrogen-bond donors (Lipinski definition) is 1. The molecule has 0 aliphatic heterocycles. The molecule has 0 aliphatic carbocycles. The Morgan fingerprint density at radius 1 is 1.22 bits per heavy atom. The molecule has 2 aromatic rings. The van der Waals surface area contributed by atoms with Gasteiger partial charge < -0.3 is 10.2 Å². The van der Waals surface area contributed by atoms with Crippen molar-refractivity contribution in [2.45, 2.75) is 40.2 Å². The zero-order valence-corrected chi connectivity index (χ0v) is 11.7. The number of hydrogen-bond acceptors (Lipinski definition) is 2. The van der Waals surface area contributed by atoms with Gasteiger partial charge >= 0.3 is 0 Å². The topological polar surface area (TPSA) is 39.2 Å². The maximum absolute atomic E-state index is 6.26. The van der Waals surface area contributed by atoms with E-state index in [1.165, 1.54) is 0 Å². The van der Waals surface area contributed by atoms with Crippen molar-refractivity contribution >= 4 is 11.0 Å². The molecule has 0 aliphatic rings. The first kappa shape index (κ1) is 13.2. The Bertz CT molecular complexity index is 488. The zero-order valence-electron chi connectivity index (χ0n) is 11.7. The summed E-state index contributed by atoms with van der Waals surface area (Å²) < 4.78 is 5.82. The predicted octanol–water partition coefficient (Wildman–Crippen LogP) is 4.50. The van der Waals surface area contributed by atoms with E-state index >= 15 is 0 Å². The fraction of sp³-hybridized carbons (Fsp3) is 0.500. The Morgan fingerprint density at radius 2 is 1.89 bits per heavy atom. The van der Waals surface area contributed by atoms with E-state index in [1.807, 2.05) is 18.2 Å². The van der Waals surface area contributed by atoms with E-state index in [1.54, 1.807) is 0 Å². The molecule has 2 heteroatoms. The second kappa shape index (κ2) is 4.77. The van der Waals surface area contributed by atoms with E-state index in [2.05, 4.69) is 39.8 Å². The van der Waals surface area contributed by atoms with Crippen molar-refractivity contribution in [2.75, 3.05) is 0 Å². The van der Waals surface area contributed by atoms with Crippen LogP contribution < -0.4 is 5.73 Å². The van der Waals surface area contributed by atoms with Gasteiger partial charge in [-0.15, -0.1) is 0 Å². The number of furan rings is 1. The van der Waals surface area contributed by atoms with Gasteiger partial charge in [0.1, 0.15) is 11.3 Å². The first-order valence-electron chi connectivity index (χ1n) is 6.62. The molecule has 1 aromatic heterocycles. The van der Waals surface area contributed by atoms with E-state index in [9.17, 15) is 0 Å². The second-order valence-corrected chi connectivity index (χ2v) is 6.30. The Balaban J connectivity index is 2.16. The average molecular weight is 245 g/mol. The van der Waals surface area contributed by atoms with Gasteiger partial charge in [0.2, 0.25) is 0 Å². The van der Waals surface area contributed by atoms with E-state index in [-0.39, 0.29) is 11.5 Å². The molecular weight excluding hydrogens is 222 g/mol. The molecule has 2 atom stereocenters. The molecule has 0 bridgehead atoms. The lowest BCUT2D eigenvalue weighted by molar-refractivity contribution is 0.228. The first-order valence-corrected chi connectivity index (χ1v) is 6.62. The summed E-state index contributed by atoms with van der Waals surface area (Å²) in [4.78, 5) is 0. The van der Waals surface area contributed by atoms with Gasteiger partial charge in [-0.25, -0.2) is 0 Å². The third kappa shape index (κ3) is 2.75. The molecule has 2 nitrogen and oxygen atoms in total. The van der Waals surface area contributed by atoms with Crippen LogP contribution in [0.5, 0.6) is 0 Å². The third-order valence-corrected chi connectivity index (χ3v) is 3.90. The maximum atomic E-state index is 6.26. The van der Waals surface area contributed by atoms with E-state index in [0.29, 0.717) is 5.92 Å². The smallest absolute Gasteiger partial charge is 0.134 e. The van der Waals surface area contributed by atoms with Gasteiger partial charge in [-0.1, -0.05) is 45.9 Å². The first-order chi connectivity index (χ1) is 8.38. The van der Waals surface area contributed by atoms with Crippen molar-refractivity contribution in [3.05, 3.63) is 36.1 Å². The highest BCUT2D eigenvalue weighted by atomic mass is 16.3. The minimum atomic E-state index is -0.0216. The van der Waals surface area contributed by atoms with Crippen molar-refractivity contribution in [1.82, 2.24) is 0 Å². The van der Waals surface area contributed by atoms with E-state index in [0.717, 1.165) is 23.2 Å². The number of nitrogens with two attached hydrogens (primary N) is 1. The molecular formula is C16H23NO. The summed E-state index contributed by atoms with van der Waals surface area (Å²) in [5.74, 6) is 1.45. The SMILES string of the molecule is CC(CC(N)c1cc2ccccc2o1)C(C)(C)C. The van der Waals surface area contributed by atoms with Crippen molar-refractivity contribution < 1.29 is 4.42 Å². The van der Waals surface area contributed by atoms with Gasteiger partial charge in [-0.05, 0) is 29.9 Å². The van der Waals surface area contributed by atoms with E-state index < -0.39 is 0 Å². The van der Waals surface area contributed by atoms with Crippen LogP contribution in [0, 0.1) is 11.3 Å². The average Bonchev–Trinajstić information content (AvgIpc) is 2.71. The lowest BCUT2D eigenvalue weighted by Crippen LogP contribution is -2.22. The highest BCUT2D eigenvalue weighted by molar-refractivity contribution is 5.77. The molecule has 1 heterocycles. The lowest BCUT2D eigenvalue weighted by Gasteiger charge is -2.28. The number of para-hydroxylation sites is 1. The van der Waals surface area contributed by atoms with E-state index in [4.69, 9.17) is 10.2 Å². The molecule has 1 aromatic carbocycles. The maximum Gasteiger partial charge on any atom is 0.134 e. The Morgan fingerprint density at radius 3 is 2.50 bits per heavy atom. The molecule has 0 radical (unpaired) electrons. The highest BCUT2D eigenvalue weighted by Crippen LogP contribution is 2.33. The van der Waals surface area contributed by atoms with Crippen molar-refractivity contribution in [3.63, 3.8) is 0 Å². The minimum absolute atomic E-state index is 0.0216. The van der Waals surface area contributed by atoms with Gasteiger partial charge in [0.05, 0.1) is 6.04 Å². The van der Waals surface area contributed by atoms with Gasteiger partial charge in [-0.2, -0.15) is 0 Å². The molecule has 18 heavy (non-hydrogen) atoms. The number of fused-ring (bicyclic) bond motifs is 1. The normalized spacial score (nSPS) is 15.8. The molecule has 0 saturated carbocycles. The molecule has 98 valence electrons. The molecule has 0 fully saturated rings. The summed E-state index contributed by atoms with van der Waals surface area (Å²) in [5, 5.41) is 1.13. The van der Waals surface area contributed by atoms with Gasteiger partial charge in [0, 0.05) is 5.39 Å². The van der Waals surface area contributed by atoms with Crippen LogP contribution in [0.2, 0.25) is 0 Å². The lowest BCUT2D eigenvalue weighted by atomic mass is 9.78. The van der Waals surface area contributed by atoms with Gasteiger partial charge in [0.25, 0.3) is 0 Å². The second-order valence-electron chi connectivity index (χ2n) is 6.30. The van der Waals surface area contributed by atoms with Crippen molar-refractivity contribution in [3.8, 4) is 0 Å². The predicted molar refractivity (Wildman–Crippen MR) is 76.4 cm³/mol. The van der Waals surface area contributed by atoms with Crippen LogP contribution in [-0.4, -0.2) is 0 Å². The highest BCUT2D eigenvalue weighted by Gasteiger charge is 2.24. The molecule has 0 amide bonds. The standard InChI is InChI=1S/C16H23NO/c1-11(16(2,3)4)9-13(17)15-10-12-7-5-6-8-14(12)18-15/h5-8,10-11,13H,9,17H2,1-4H3. The number of benzene rings is 1. The van der Waals surface area contributed by atoms with Crippen LogP contribution in [0.25, 0.3) is 11.0 Å². The monoisotopic (exact) mass is 245 g/mol. The van der Waals surface area contributed by atoms with Crippen LogP contribution in [0.3, 0.4) is 0 Å². The Hall–Kier alpha value is -1.28. The summed E-state index contributed by atoms with van der Waals surface area (Å²) in [5.41, 5.74) is 7.47. The zero-order chi connectivity index (χ0) is 13.3. The van der Waals surface area contributed by atoms with Crippen molar-refractivity contribution in [1.29, 1.82) is 0 Å². The Kier molecular flexibility index (Phi) is 3.49. The van der Waals surface area contributed by atoms with Crippen LogP contribution in [-0.2, 0) is 0 Å². The van der Waals surface area contributed by atoms with Crippen molar-refractivity contribution in [2.24, 2.45) is 17.1 Å². The fourth-order valence-corrected chi connectivity index (χ4v) is 2.04.